The molecule has 0 radical (unpaired) electrons. The molecule has 3 N–H and O–H groups in total. The molecule has 2 amide bonds. The number of urea groups is 1. The summed E-state index contributed by atoms with van der Waals surface area (Å²) in [5.41, 5.74) is 0. The standard InChI is InChI=1S/C10H15N5O4/c16-7(9(17)18)1-2-11-10(19)14-3-4-15-6-12-13-8(15)5-14/h6-7,16H,1-5H2,(H,11,19)(H,17,18)/t7-/m0/s1. The van der Waals surface area contributed by atoms with Crippen molar-refractivity contribution in [1.29, 1.82) is 0 Å². The highest BCUT2D eigenvalue weighted by Crippen LogP contribution is 2.08. The predicted octanol–water partition coefficient (Wildman–Crippen LogP) is -1.36. The summed E-state index contributed by atoms with van der Waals surface area (Å²) >= 11 is 0. The number of carboxylic acid groups (broad SMARTS) is 1. The number of nitrogens with one attached hydrogen (secondary N) is 1. The summed E-state index contributed by atoms with van der Waals surface area (Å²) in [5.74, 6) is -0.577. The Balaban J connectivity index is 1.77. The Morgan fingerprint density at radius 1 is 1.47 bits per heavy atom. The van der Waals surface area contributed by atoms with Crippen molar-refractivity contribution in [2.75, 3.05) is 13.1 Å². The van der Waals surface area contributed by atoms with Gasteiger partial charge in [-0.25, -0.2) is 9.59 Å². The molecule has 2 rings (SSSR count). The number of aromatic nitrogens is 3. The zero-order valence-corrected chi connectivity index (χ0v) is 10.2. The summed E-state index contributed by atoms with van der Waals surface area (Å²) in [4.78, 5) is 23.8. The van der Waals surface area contributed by atoms with E-state index in [2.05, 4.69) is 15.5 Å². The van der Waals surface area contributed by atoms with Crippen molar-refractivity contribution in [3.05, 3.63) is 12.2 Å². The van der Waals surface area contributed by atoms with Crippen molar-refractivity contribution in [2.24, 2.45) is 0 Å². The molecule has 0 unspecified atom stereocenters. The number of fused-ring (bicyclic) bond motifs is 1. The van der Waals surface area contributed by atoms with E-state index in [0.29, 0.717) is 25.5 Å². The average Bonchev–Trinajstić information content (AvgIpc) is 2.85. The second-order valence-electron chi connectivity index (χ2n) is 4.24. The van der Waals surface area contributed by atoms with Crippen LogP contribution < -0.4 is 5.32 Å². The van der Waals surface area contributed by atoms with Gasteiger partial charge in [0.05, 0.1) is 6.54 Å². The topological polar surface area (TPSA) is 121 Å². The number of carbonyl (C=O) groups excluding carboxylic acids is 1. The summed E-state index contributed by atoms with van der Waals surface area (Å²) in [5, 5.41) is 27.8. The quantitative estimate of drug-likeness (QED) is 0.620. The van der Waals surface area contributed by atoms with Gasteiger partial charge in [0.1, 0.15) is 6.33 Å². The zero-order valence-electron chi connectivity index (χ0n) is 10.2. The molecule has 9 nitrogen and oxygen atoms in total. The number of aliphatic hydroxyl groups excluding tert-OH is 1. The molecular weight excluding hydrogens is 254 g/mol. The van der Waals surface area contributed by atoms with E-state index in [1.54, 1.807) is 11.2 Å². The van der Waals surface area contributed by atoms with Crippen molar-refractivity contribution in [1.82, 2.24) is 25.0 Å². The minimum atomic E-state index is -1.45. The number of aliphatic hydroxyl groups is 1. The third-order valence-corrected chi connectivity index (χ3v) is 2.91. The van der Waals surface area contributed by atoms with E-state index in [1.165, 1.54) is 0 Å². The van der Waals surface area contributed by atoms with Gasteiger partial charge in [-0.2, -0.15) is 0 Å². The lowest BCUT2D eigenvalue weighted by Gasteiger charge is -2.27. The van der Waals surface area contributed by atoms with E-state index in [0.717, 1.165) is 0 Å². The van der Waals surface area contributed by atoms with Gasteiger partial charge in [-0.1, -0.05) is 0 Å². The molecule has 0 spiro atoms. The van der Waals surface area contributed by atoms with E-state index in [9.17, 15) is 9.59 Å². The highest BCUT2D eigenvalue weighted by Gasteiger charge is 2.22. The molecule has 2 heterocycles. The zero-order chi connectivity index (χ0) is 13.8. The number of aliphatic carboxylic acids is 1. The SMILES string of the molecule is O=C(O)[C@@H](O)CCNC(=O)N1CCn2cnnc2C1. The third-order valence-electron chi connectivity index (χ3n) is 2.91. The van der Waals surface area contributed by atoms with Crippen molar-refractivity contribution in [3.63, 3.8) is 0 Å². The first kappa shape index (κ1) is 13.3. The van der Waals surface area contributed by atoms with Gasteiger partial charge in [-0.05, 0) is 0 Å². The molecule has 19 heavy (non-hydrogen) atoms. The molecule has 0 fully saturated rings. The van der Waals surface area contributed by atoms with Crippen LogP contribution in [-0.2, 0) is 17.9 Å². The number of hydrogen-bond acceptors (Lipinski definition) is 5. The molecule has 0 aromatic carbocycles. The van der Waals surface area contributed by atoms with Crippen molar-refractivity contribution in [3.8, 4) is 0 Å². The summed E-state index contributed by atoms with van der Waals surface area (Å²) in [6, 6.07) is -0.299. The van der Waals surface area contributed by atoms with Crippen molar-refractivity contribution < 1.29 is 19.8 Å². The molecule has 0 saturated carbocycles. The molecule has 1 aliphatic heterocycles. The number of carboxylic acids is 1. The van der Waals surface area contributed by atoms with Crippen LogP contribution in [0.2, 0.25) is 0 Å². The number of hydrogen-bond donors (Lipinski definition) is 3. The summed E-state index contributed by atoms with van der Waals surface area (Å²) in [7, 11) is 0. The van der Waals surface area contributed by atoms with Crippen LogP contribution in [0.4, 0.5) is 4.79 Å². The van der Waals surface area contributed by atoms with Gasteiger partial charge in [0.15, 0.2) is 11.9 Å². The number of amides is 2. The molecule has 1 aromatic heterocycles. The Hall–Kier alpha value is -2.16. The first-order valence-corrected chi connectivity index (χ1v) is 5.88. The number of nitrogens with zero attached hydrogens (tertiary/aromatic N) is 4. The molecule has 0 aliphatic carbocycles. The van der Waals surface area contributed by atoms with Crippen LogP contribution in [0.5, 0.6) is 0 Å². The van der Waals surface area contributed by atoms with Gasteiger partial charge in [-0.15, -0.1) is 10.2 Å². The van der Waals surface area contributed by atoms with E-state index in [-0.39, 0.29) is 19.0 Å². The molecular formula is C10H15N5O4. The highest BCUT2D eigenvalue weighted by atomic mass is 16.4. The number of rotatable bonds is 4. The normalized spacial score (nSPS) is 15.7. The first-order valence-electron chi connectivity index (χ1n) is 5.88. The summed E-state index contributed by atoms with van der Waals surface area (Å²) < 4.78 is 1.87. The van der Waals surface area contributed by atoms with Crippen LogP contribution in [0.15, 0.2) is 6.33 Å². The Kier molecular flexibility index (Phi) is 3.95. The molecule has 104 valence electrons. The number of carbonyl (C=O) groups is 2. The van der Waals surface area contributed by atoms with Gasteiger partial charge < -0.3 is 25.0 Å². The Bertz CT molecular complexity index is 474. The second-order valence-corrected chi connectivity index (χ2v) is 4.24. The van der Waals surface area contributed by atoms with Gasteiger partial charge in [0, 0.05) is 26.1 Å². The van der Waals surface area contributed by atoms with Crippen molar-refractivity contribution >= 4 is 12.0 Å². The molecule has 9 heteroatoms. The van der Waals surface area contributed by atoms with Crippen LogP contribution in [-0.4, -0.2) is 61.1 Å². The van der Waals surface area contributed by atoms with E-state index < -0.39 is 12.1 Å². The van der Waals surface area contributed by atoms with Crippen molar-refractivity contribution in [2.45, 2.75) is 25.6 Å². The van der Waals surface area contributed by atoms with Gasteiger partial charge in [-0.3, -0.25) is 0 Å². The molecule has 0 saturated heterocycles. The van der Waals surface area contributed by atoms with Crippen LogP contribution in [0.3, 0.4) is 0 Å². The lowest BCUT2D eigenvalue weighted by Crippen LogP contribution is -2.45. The molecule has 0 bridgehead atoms. The summed E-state index contributed by atoms with van der Waals surface area (Å²) in [6.45, 7) is 1.65. The third kappa shape index (κ3) is 3.19. The largest absolute Gasteiger partial charge is 0.479 e. The highest BCUT2D eigenvalue weighted by molar-refractivity contribution is 5.74. The van der Waals surface area contributed by atoms with E-state index in [1.807, 2.05) is 4.57 Å². The Labute approximate surface area is 108 Å². The van der Waals surface area contributed by atoms with Gasteiger partial charge in [0.2, 0.25) is 0 Å². The lowest BCUT2D eigenvalue weighted by atomic mass is 10.2. The average molecular weight is 269 g/mol. The fourth-order valence-electron chi connectivity index (χ4n) is 1.79. The molecule has 1 aromatic rings. The first-order chi connectivity index (χ1) is 9.08. The minimum absolute atomic E-state index is 0.0227. The van der Waals surface area contributed by atoms with Crippen LogP contribution in [0, 0.1) is 0 Å². The van der Waals surface area contributed by atoms with Gasteiger partial charge in [0.25, 0.3) is 0 Å². The Morgan fingerprint density at radius 2 is 2.26 bits per heavy atom. The van der Waals surface area contributed by atoms with Gasteiger partial charge >= 0.3 is 12.0 Å². The van der Waals surface area contributed by atoms with Crippen LogP contribution in [0.25, 0.3) is 0 Å². The maximum atomic E-state index is 11.8. The fraction of sp³-hybridized carbons (Fsp3) is 0.600. The van der Waals surface area contributed by atoms with Crippen LogP contribution in [0.1, 0.15) is 12.2 Å². The summed E-state index contributed by atoms with van der Waals surface area (Å²) in [6.07, 6.45) is 0.142. The smallest absolute Gasteiger partial charge is 0.332 e. The maximum Gasteiger partial charge on any atom is 0.332 e. The van der Waals surface area contributed by atoms with E-state index in [4.69, 9.17) is 10.2 Å². The van der Waals surface area contributed by atoms with Crippen LogP contribution >= 0.6 is 0 Å². The minimum Gasteiger partial charge on any atom is -0.479 e. The molecule has 1 atom stereocenters. The fourth-order valence-corrected chi connectivity index (χ4v) is 1.79. The predicted molar refractivity (Wildman–Crippen MR) is 62.1 cm³/mol. The Morgan fingerprint density at radius 3 is 3.00 bits per heavy atom. The second kappa shape index (κ2) is 5.65. The lowest BCUT2D eigenvalue weighted by molar-refractivity contribution is -0.146. The molecule has 1 aliphatic rings. The maximum absolute atomic E-state index is 11.8. The van der Waals surface area contributed by atoms with E-state index >= 15 is 0 Å². The monoisotopic (exact) mass is 269 g/mol.